The summed E-state index contributed by atoms with van der Waals surface area (Å²) in [5.74, 6) is 2.94. The van der Waals surface area contributed by atoms with Gasteiger partial charge in [-0.2, -0.15) is 0 Å². The standard InChI is InChI=1S/C12H19NO2/c1-4-11-8-12(14)13(9-11)6-5-7-15-10(2)3/h1,10-11H,5-9H2,2-3H3. The molecule has 1 atom stereocenters. The van der Waals surface area contributed by atoms with Gasteiger partial charge in [-0.15, -0.1) is 12.3 Å². The Bertz CT molecular complexity index is 255. The molecule has 3 nitrogen and oxygen atoms in total. The zero-order valence-electron chi connectivity index (χ0n) is 9.53. The highest BCUT2D eigenvalue weighted by Crippen LogP contribution is 2.16. The van der Waals surface area contributed by atoms with Gasteiger partial charge in [0.1, 0.15) is 0 Å². The van der Waals surface area contributed by atoms with E-state index in [4.69, 9.17) is 11.2 Å². The number of carbonyl (C=O) groups excluding carboxylic acids is 1. The molecule has 0 radical (unpaired) electrons. The Balaban J connectivity index is 2.17. The molecular weight excluding hydrogens is 190 g/mol. The molecule has 1 aliphatic rings. The quantitative estimate of drug-likeness (QED) is 0.504. The summed E-state index contributed by atoms with van der Waals surface area (Å²) in [5.41, 5.74) is 0. The van der Waals surface area contributed by atoms with Crippen LogP contribution in [0.1, 0.15) is 26.7 Å². The first kappa shape index (κ1) is 12.1. The van der Waals surface area contributed by atoms with E-state index in [1.54, 1.807) is 0 Å². The van der Waals surface area contributed by atoms with Gasteiger partial charge in [-0.25, -0.2) is 0 Å². The van der Waals surface area contributed by atoms with Crippen LogP contribution in [0, 0.1) is 18.3 Å². The second-order valence-electron chi connectivity index (χ2n) is 4.18. The minimum atomic E-state index is 0.114. The molecule has 0 spiro atoms. The van der Waals surface area contributed by atoms with Crippen molar-refractivity contribution in [2.45, 2.75) is 32.8 Å². The van der Waals surface area contributed by atoms with Crippen molar-refractivity contribution in [3.8, 4) is 12.3 Å². The Morgan fingerprint density at radius 3 is 2.93 bits per heavy atom. The van der Waals surface area contributed by atoms with Crippen LogP contribution in [0.5, 0.6) is 0 Å². The number of ether oxygens (including phenoxy) is 1. The topological polar surface area (TPSA) is 29.5 Å². The van der Waals surface area contributed by atoms with E-state index in [-0.39, 0.29) is 17.9 Å². The largest absolute Gasteiger partial charge is 0.379 e. The maximum absolute atomic E-state index is 11.5. The molecule has 0 aromatic carbocycles. The molecule has 1 heterocycles. The van der Waals surface area contributed by atoms with Gasteiger partial charge >= 0.3 is 0 Å². The van der Waals surface area contributed by atoms with Gasteiger partial charge in [0, 0.05) is 32.0 Å². The van der Waals surface area contributed by atoms with E-state index in [2.05, 4.69) is 5.92 Å². The second kappa shape index (κ2) is 5.77. The second-order valence-corrected chi connectivity index (χ2v) is 4.18. The first-order valence-electron chi connectivity index (χ1n) is 5.49. The van der Waals surface area contributed by atoms with Crippen molar-refractivity contribution in [3.63, 3.8) is 0 Å². The molecule has 0 aliphatic carbocycles. The summed E-state index contributed by atoms with van der Waals surface area (Å²) in [6.45, 7) is 6.22. The summed E-state index contributed by atoms with van der Waals surface area (Å²) >= 11 is 0. The SMILES string of the molecule is C#CC1CC(=O)N(CCCOC(C)C)C1. The monoisotopic (exact) mass is 209 g/mol. The van der Waals surface area contributed by atoms with Crippen molar-refractivity contribution in [1.29, 1.82) is 0 Å². The number of amides is 1. The Morgan fingerprint density at radius 1 is 1.67 bits per heavy atom. The van der Waals surface area contributed by atoms with Crippen LogP contribution >= 0.6 is 0 Å². The molecule has 1 fully saturated rings. The Morgan fingerprint density at radius 2 is 2.40 bits per heavy atom. The van der Waals surface area contributed by atoms with Gasteiger partial charge in [-0.05, 0) is 20.3 Å². The van der Waals surface area contributed by atoms with Gasteiger partial charge < -0.3 is 9.64 Å². The summed E-state index contributed by atoms with van der Waals surface area (Å²) in [5, 5.41) is 0. The summed E-state index contributed by atoms with van der Waals surface area (Å²) in [4.78, 5) is 13.3. The van der Waals surface area contributed by atoms with Crippen molar-refractivity contribution in [3.05, 3.63) is 0 Å². The van der Waals surface area contributed by atoms with Gasteiger partial charge in [0.15, 0.2) is 0 Å². The Kier molecular flexibility index (Phi) is 4.64. The molecule has 0 bridgehead atoms. The van der Waals surface area contributed by atoms with Gasteiger partial charge in [-0.1, -0.05) is 0 Å². The zero-order valence-corrected chi connectivity index (χ0v) is 9.53. The predicted molar refractivity (Wildman–Crippen MR) is 59.2 cm³/mol. The molecule has 0 saturated carbocycles. The van der Waals surface area contributed by atoms with Gasteiger partial charge in [0.05, 0.1) is 6.10 Å². The highest BCUT2D eigenvalue weighted by atomic mass is 16.5. The van der Waals surface area contributed by atoms with Gasteiger partial charge in [0.25, 0.3) is 0 Å². The third-order valence-corrected chi connectivity index (χ3v) is 2.47. The van der Waals surface area contributed by atoms with Crippen LogP contribution in [0.15, 0.2) is 0 Å². The maximum Gasteiger partial charge on any atom is 0.223 e. The molecule has 0 aromatic rings. The first-order chi connectivity index (χ1) is 7.13. The lowest BCUT2D eigenvalue weighted by molar-refractivity contribution is -0.127. The van der Waals surface area contributed by atoms with E-state index in [1.807, 2.05) is 18.7 Å². The third-order valence-electron chi connectivity index (χ3n) is 2.47. The van der Waals surface area contributed by atoms with Crippen LogP contribution in [-0.2, 0) is 9.53 Å². The predicted octanol–water partition coefficient (Wildman–Crippen LogP) is 1.28. The van der Waals surface area contributed by atoms with E-state index < -0.39 is 0 Å². The third kappa shape index (κ3) is 3.93. The van der Waals surface area contributed by atoms with E-state index in [0.29, 0.717) is 13.0 Å². The number of rotatable bonds is 5. The molecule has 1 saturated heterocycles. The summed E-state index contributed by atoms with van der Waals surface area (Å²) in [7, 11) is 0. The lowest BCUT2D eigenvalue weighted by atomic mass is 10.1. The van der Waals surface area contributed by atoms with E-state index in [1.165, 1.54) is 0 Å². The Labute approximate surface area is 91.8 Å². The average molecular weight is 209 g/mol. The molecule has 0 aromatic heterocycles. The van der Waals surface area contributed by atoms with Crippen molar-refractivity contribution in [1.82, 2.24) is 4.90 Å². The number of nitrogens with zero attached hydrogens (tertiary/aromatic N) is 1. The van der Waals surface area contributed by atoms with E-state index in [0.717, 1.165) is 19.5 Å². The van der Waals surface area contributed by atoms with Crippen molar-refractivity contribution in [2.24, 2.45) is 5.92 Å². The van der Waals surface area contributed by atoms with Crippen LogP contribution < -0.4 is 0 Å². The fraction of sp³-hybridized carbons (Fsp3) is 0.750. The van der Waals surface area contributed by atoms with Crippen molar-refractivity contribution >= 4 is 5.91 Å². The molecular formula is C12H19NO2. The minimum absolute atomic E-state index is 0.114. The number of hydrogen-bond acceptors (Lipinski definition) is 2. The Hall–Kier alpha value is -1.01. The van der Waals surface area contributed by atoms with E-state index >= 15 is 0 Å². The lowest BCUT2D eigenvalue weighted by Gasteiger charge is -2.16. The van der Waals surface area contributed by atoms with Gasteiger partial charge in [-0.3, -0.25) is 4.79 Å². The van der Waals surface area contributed by atoms with Crippen molar-refractivity contribution in [2.75, 3.05) is 19.7 Å². The molecule has 3 heteroatoms. The van der Waals surface area contributed by atoms with Crippen LogP contribution in [0.3, 0.4) is 0 Å². The van der Waals surface area contributed by atoms with Crippen LogP contribution in [0.4, 0.5) is 0 Å². The normalized spacial score (nSPS) is 21.1. The van der Waals surface area contributed by atoms with Gasteiger partial charge in [0.2, 0.25) is 5.91 Å². The number of likely N-dealkylation sites (tertiary alicyclic amines) is 1. The molecule has 84 valence electrons. The van der Waals surface area contributed by atoms with Crippen LogP contribution in [0.25, 0.3) is 0 Å². The molecule has 1 unspecified atom stereocenters. The minimum Gasteiger partial charge on any atom is -0.379 e. The van der Waals surface area contributed by atoms with Crippen LogP contribution in [-0.4, -0.2) is 36.6 Å². The van der Waals surface area contributed by atoms with E-state index in [9.17, 15) is 4.79 Å². The highest BCUT2D eigenvalue weighted by Gasteiger charge is 2.27. The summed E-state index contributed by atoms with van der Waals surface area (Å²) < 4.78 is 5.41. The average Bonchev–Trinajstić information content (AvgIpc) is 2.54. The summed E-state index contributed by atoms with van der Waals surface area (Å²) in [6, 6.07) is 0. The fourth-order valence-electron chi connectivity index (χ4n) is 1.67. The number of carbonyl (C=O) groups is 1. The number of terminal acetylenes is 1. The molecule has 1 amide bonds. The summed E-state index contributed by atoms with van der Waals surface area (Å²) in [6.07, 6.45) is 6.97. The smallest absolute Gasteiger partial charge is 0.223 e. The first-order valence-corrected chi connectivity index (χ1v) is 5.49. The highest BCUT2D eigenvalue weighted by molar-refractivity contribution is 5.79. The maximum atomic E-state index is 11.5. The lowest BCUT2D eigenvalue weighted by Crippen LogP contribution is -2.27. The zero-order chi connectivity index (χ0) is 11.3. The van der Waals surface area contributed by atoms with Crippen molar-refractivity contribution < 1.29 is 9.53 Å². The molecule has 15 heavy (non-hydrogen) atoms. The molecule has 1 rings (SSSR count). The number of hydrogen-bond donors (Lipinski definition) is 0. The molecule has 0 N–H and O–H groups in total. The van der Waals surface area contributed by atoms with Crippen LogP contribution in [0.2, 0.25) is 0 Å². The fourth-order valence-corrected chi connectivity index (χ4v) is 1.67. The molecule has 1 aliphatic heterocycles.